The maximum atomic E-state index is 15.6. The number of aliphatic hydroxyl groups excluding tert-OH is 1. The number of imide groups is 1. The number of nitrogens with zero attached hydrogens (tertiary/aromatic N) is 3. The first-order valence-electron chi connectivity index (χ1n) is 40.2. The lowest BCUT2D eigenvalue weighted by Gasteiger charge is -2.31. The van der Waals surface area contributed by atoms with E-state index in [0.29, 0.717) is 58.8 Å². The average molecular weight is 1700 g/mol. The van der Waals surface area contributed by atoms with Gasteiger partial charge >= 0.3 is 12.1 Å². The van der Waals surface area contributed by atoms with E-state index in [9.17, 15) is 48.3 Å². The van der Waals surface area contributed by atoms with E-state index in [0.717, 1.165) is 10.8 Å². The van der Waals surface area contributed by atoms with Crippen molar-refractivity contribution in [1.29, 1.82) is 0 Å². The molecule has 0 saturated carbocycles. The minimum atomic E-state index is -1.94. The van der Waals surface area contributed by atoms with Gasteiger partial charge in [-0.25, -0.2) is 9.59 Å². The van der Waals surface area contributed by atoms with Crippen LogP contribution >= 0.6 is 11.6 Å². The number of aliphatic hydroxyl groups is 1. The number of nitrogens with two attached hydrogens (primary N) is 2. The number of aromatic nitrogens is 2. The molecule has 4 heterocycles. The minimum Gasteiger partial charge on any atom is -0.394 e. The summed E-state index contributed by atoms with van der Waals surface area (Å²) in [4.78, 5) is 219. The van der Waals surface area contributed by atoms with Crippen molar-refractivity contribution in [3.05, 3.63) is 203 Å². The lowest BCUT2D eigenvalue weighted by Crippen LogP contribution is -2.62. The molecule has 17 amide bonds. The van der Waals surface area contributed by atoms with Gasteiger partial charge in [0.05, 0.1) is 18.6 Å². The topological polar surface area (TPSA) is 526 Å². The first kappa shape index (κ1) is 92.6. The number of fused-ring (bicyclic) bond motifs is 1. The van der Waals surface area contributed by atoms with Crippen molar-refractivity contribution in [2.75, 3.05) is 30.3 Å². The highest BCUT2D eigenvalue weighted by molar-refractivity contribution is 6.30. The molecular weight excluding hydrogens is 1590 g/mol. The van der Waals surface area contributed by atoms with E-state index in [2.05, 4.69) is 84.4 Å². The van der Waals surface area contributed by atoms with Crippen LogP contribution in [0.4, 0.5) is 21.0 Å². The summed E-state index contributed by atoms with van der Waals surface area (Å²) in [5.74, 6) is -11.1. The lowest BCUT2D eigenvalue weighted by atomic mass is 9.99. The number of pyridine rings is 2. The van der Waals surface area contributed by atoms with Crippen LogP contribution in [0.5, 0.6) is 0 Å². The van der Waals surface area contributed by atoms with E-state index < -0.39 is 168 Å². The number of primary amides is 2. The number of carbonyl (C=O) groups excluding carboxylic acids is 15. The summed E-state index contributed by atoms with van der Waals surface area (Å²) in [6.45, 7) is 8.49. The number of unbranched alkanes of at least 4 members (excludes halogenated alkanes) is 1. The number of urea groups is 2. The number of amides is 17. The summed E-state index contributed by atoms with van der Waals surface area (Å²) in [5, 5.41) is 50.5. The van der Waals surface area contributed by atoms with Crippen LogP contribution in [0.25, 0.3) is 10.8 Å². The summed E-state index contributed by atoms with van der Waals surface area (Å²) in [7, 11) is 0. The summed E-state index contributed by atoms with van der Waals surface area (Å²) < 4.78 is 0. The Hall–Kier alpha value is -13.3. The third-order valence-electron chi connectivity index (χ3n) is 20.3. The van der Waals surface area contributed by atoms with Crippen LogP contribution in [-0.2, 0) is 89.6 Å². The van der Waals surface area contributed by atoms with Crippen molar-refractivity contribution in [2.24, 2.45) is 17.4 Å². The molecule has 646 valence electrons. The van der Waals surface area contributed by atoms with E-state index in [-0.39, 0.29) is 86.7 Å². The maximum Gasteiger partial charge on any atom is 0.322 e. The van der Waals surface area contributed by atoms with Crippen LogP contribution < -0.4 is 85.9 Å². The number of benzene rings is 5. The minimum absolute atomic E-state index is 0.0340. The smallest absolute Gasteiger partial charge is 0.322 e. The fraction of sp³-hybridized carbons (Fsp3) is 0.384. The van der Waals surface area contributed by atoms with Gasteiger partial charge in [-0.2, -0.15) is 0 Å². The van der Waals surface area contributed by atoms with Gasteiger partial charge in [0, 0.05) is 85.9 Å². The normalized spacial score (nSPS) is 15.9. The van der Waals surface area contributed by atoms with Crippen LogP contribution in [0.3, 0.4) is 0 Å². The molecule has 5 aromatic carbocycles. The first-order valence-corrected chi connectivity index (χ1v) is 40.6. The third-order valence-corrected chi connectivity index (χ3v) is 20.6. The Labute approximate surface area is 709 Å². The van der Waals surface area contributed by atoms with Gasteiger partial charge < -0.3 is 90.6 Å². The molecule has 0 spiro atoms. The Kier molecular flexibility index (Phi) is 34.3. The molecule has 2 saturated heterocycles. The third kappa shape index (κ3) is 28.5. The van der Waals surface area contributed by atoms with E-state index in [1.54, 1.807) is 92.7 Å². The van der Waals surface area contributed by atoms with Gasteiger partial charge in [0.1, 0.15) is 66.5 Å². The molecule has 11 atom stereocenters. The van der Waals surface area contributed by atoms with Gasteiger partial charge in [-0.3, -0.25) is 77.6 Å². The number of nitrogens with one attached hydrogen (secondary N) is 14. The quantitative estimate of drug-likeness (QED) is 0.0244. The van der Waals surface area contributed by atoms with E-state index in [4.69, 9.17) is 23.1 Å². The second-order valence-corrected chi connectivity index (χ2v) is 31.2. The highest BCUT2D eigenvalue weighted by Crippen LogP contribution is 2.24. The standard InChI is InChI=1S/C86H104ClN19O16/c1-48(2)37-63(76(112)96-62(17-8-9-35-92-49(3)4)84(120)106-36-12-18-71(106)83(119)93-50(5)73(88)109)97-77(113)65(40-52-22-29-60(30-23-52)94-74(110)58-16-11-34-91-46-58)98-79(115)66(41-53-24-31-61(32-25-53)95-75(111)69-44-72(108)105-86(122)104-69)101-82(118)70(47-107)102-80(116)67(43-55-13-10-33-90-45-55)100-78(114)64(39-51-20-27-59(87)28-21-51)99-81(117)68(103-85(89)121)42-54-19-26-56-14-6-7-15-57(56)38-54/h6-7,10-11,13-16,19-34,38,45-46,48-50,62-71,92,107H,8-9,12,17-18,35-37,39-44,47H2,1-5H3,(H2,88,109)(H,93,119)(H,94,110)(H,95,111)(H,96,112)(H,97,113)(H,98,115)(H,99,117)(H,100,114)(H,101,118)(H,102,116)(H3,89,103,121)(H2,104,105,108,122)/t50-,62+,63+,64-,65-,66+,67-,68-,69?,70+,71+/m1/s1. The van der Waals surface area contributed by atoms with Gasteiger partial charge in [0.2, 0.25) is 70.9 Å². The van der Waals surface area contributed by atoms with Crippen LogP contribution in [0.2, 0.25) is 5.02 Å². The van der Waals surface area contributed by atoms with Crippen molar-refractivity contribution < 1.29 is 77.0 Å². The number of hydrogen-bond donors (Lipinski definition) is 17. The second-order valence-electron chi connectivity index (χ2n) is 30.8. The van der Waals surface area contributed by atoms with Gasteiger partial charge in [-0.15, -0.1) is 0 Å². The SMILES string of the molecule is CC(C)C[C@H](NC(=O)[C@@H](Cc1ccc(NC(=O)c2cccnc2)cc1)NC(=O)[C@H](Cc1ccc(NC(=O)C2CC(=O)NC(=O)N2)cc1)NC(=O)[C@H](CO)NC(=O)[C@@H](Cc1cccnc1)NC(=O)[C@@H](Cc1ccc(Cl)cc1)NC(=O)[C@@H](Cc1ccc2ccccc2c1)NC(N)=O)C(=O)N[C@@H](CCCCNC(C)C)C(=O)N1CCC[C@H]1C(=O)N[C@H](C)C(N)=O. The van der Waals surface area contributed by atoms with Crippen molar-refractivity contribution in [3.8, 4) is 0 Å². The monoisotopic (exact) mass is 1690 g/mol. The molecule has 2 aliphatic heterocycles. The molecule has 0 bridgehead atoms. The number of carbonyl (C=O) groups is 15. The highest BCUT2D eigenvalue weighted by atomic mass is 35.5. The van der Waals surface area contributed by atoms with Crippen molar-refractivity contribution >= 4 is 123 Å². The molecule has 19 N–H and O–H groups in total. The summed E-state index contributed by atoms with van der Waals surface area (Å²) in [6, 6.07) is 20.0. The molecule has 7 aromatic rings. The number of rotatable bonds is 42. The number of halogens is 1. The van der Waals surface area contributed by atoms with Crippen molar-refractivity contribution in [3.63, 3.8) is 0 Å². The van der Waals surface area contributed by atoms with Gasteiger partial charge in [0.15, 0.2) is 0 Å². The number of hydrogen-bond acceptors (Lipinski definition) is 19. The number of anilines is 2. The van der Waals surface area contributed by atoms with Crippen LogP contribution in [0.15, 0.2) is 164 Å². The van der Waals surface area contributed by atoms with E-state index >= 15 is 28.8 Å². The van der Waals surface area contributed by atoms with Gasteiger partial charge in [-0.1, -0.05) is 124 Å². The zero-order chi connectivity index (χ0) is 88.1. The second kappa shape index (κ2) is 45.2. The molecule has 2 aromatic heterocycles. The molecule has 0 aliphatic carbocycles. The lowest BCUT2D eigenvalue weighted by molar-refractivity contribution is -0.142. The molecule has 35 nitrogen and oxygen atoms in total. The summed E-state index contributed by atoms with van der Waals surface area (Å²) in [5.41, 5.74) is 14.0. The molecule has 36 heteroatoms. The summed E-state index contributed by atoms with van der Waals surface area (Å²) in [6.07, 6.45) is 5.72. The van der Waals surface area contributed by atoms with Gasteiger partial charge in [-0.05, 0) is 151 Å². The molecule has 1 unspecified atom stereocenters. The molecule has 122 heavy (non-hydrogen) atoms. The maximum absolute atomic E-state index is 15.6. The molecule has 2 fully saturated rings. The van der Waals surface area contributed by atoms with Crippen molar-refractivity contribution in [2.45, 2.75) is 184 Å². The number of likely N-dealkylation sites (tertiary alicyclic amines) is 1. The predicted octanol–water partition coefficient (Wildman–Crippen LogP) is 2.20. The largest absolute Gasteiger partial charge is 0.394 e. The van der Waals surface area contributed by atoms with Crippen LogP contribution in [0, 0.1) is 5.92 Å². The molecular formula is C86H104ClN19O16. The Morgan fingerprint density at radius 2 is 1.01 bits per heavy atom. The average Bonchev–Trinajstić information content (AvgIpc) is 1.52. The Morgan fingerprint density at radius 1 is 0.516 bits per heavy atom. The predicted molar refractivity (Wildman–Crippen MR) is 452 cm³/mol. The Balaban J connectivity index is 1.02. The Bertz CT molecular complexity index is 4860. The van der Waals surface area contributed by atoms with Crippen LogP contribution in [0.1, 0.15) is 118 Å². The van der Waals surface area contributed by atoms with Gasteiger partial charge in [0.25, 0.3) is 5.91 Å². The molecule has 2 aliphatic rings. The molecule has 9 rings (SSSR count). The first-order chi connectivity index (χ1) is 58.3. The Morgan fingerprint density at radius 3 is 1.53 bits per heavy atom. The fourth-order valence-corrected chi connectivity index (χ4v) is 14.0. The van der Waals surface area contributed by atoms with Crippen LogP contribution in [-0.4, -0.2) is 201 Å². The fourth-order valence-electron chi connectivity index (χ4n) is 13.9. The molecule has 0 radical (unpaired) electrons. The zero-order valence-electron chi connectivity index (χ0n) is 68.1. The summed E-state index contributed by atoms with van der Waals surface area (Å²) >= 11 is 6.27. The highest BCUT2D eigenvalue weighted by Gasteiger charge is 2.41. The zero-order valence-corrected chi connectivity index (χ0v) is 68.9. The van der Waals surface area contributed by atoms with E-state index in [1.807, 2.05) is 50.2 Å². The van der Waals surface area contributed by atoms with E-state index in [1.165, 1.54) is 60.9 Å². The van der Waals surface area contributed by atoms with Crippen molar-refractivity contribution in [1.82, 2.24) is 78.7 Å².